The number of allylic oxidation sites excluding steroid dienone is 4. The van der Waals surface area contributed by atoms with Crippen LogP contribution >= 0.6 is 23.2 Å². The van der Waals surface area contributed by atoms with Crippen LogP contribution in [0.2, 0.25) is 10.0 Å². The Bertz CT molecular complexity index is 1140. The molecular formula is C27H31Cl2NO5. The third kappa shape index (κ3) is 4.75. The molecule has 0 radical (unpaired) electrons. The Labute approximate surface area is 215 Å². The smallest absolute Gasteiger partial charge is 0.323 e. The van der Waals surface area contributed by atoms with E-state index >= 15 is 0 Å². The highest BCUT2D eigenvalue weighted by molar-refractivity contribution is 6.35. The van der Waals surface area contributed by atoms with E-state index in [1.54, 1.807) is 17.0 Å². The molecule has 0 saturated carbocycles. The predicted molar refractivity (Wildman–Crippen MR) is 135 cm³/mol. The molecule has 6 nitrogen and oxygen atoms in total. The fraction of sp³-hybridized carbons (Fsp3) is 0.519. The Balaban J connectivity index is 2.08. The monoisotopic (exact) mass is 519 g/mol. The molecule has 0 aromatic heterocycles. The highest BCUT2D eigenvalue weighted by atomic mass is 35.5. The summed E-state index contributed by atoms with van der Waals surface area (Å²) in [7, 11) is 0. The Morgan fingerprint density at radius 3 is 1.97 bits per heavy atom. The molecule has 0 amide bonds. The van der Waals surface area contributed by atoms with E-state index < -0.39 is 11.9 Å². The number of hydrogen-bond acceptors (Lipinski definition) is 5. The number of Topliss-reactive ketones (excluding diaryl/α,β-unsaturated/α-hetero) is 2. The first kappa shape index (κ1) is 25.8. The highest BCUT2D eigenvalue weighted by Gasteiger charge is 2.50. The third-order valence-corrected chi connectivity index (χ3v) is 7.45. The number of nitrogens with zero attached hydrogens (tertiary/aromatic N) is 1. The molecule has 0 atom stereocenters. The number of carbonyl (C=O) groups excluding carboxylic acids is 2. The number of ketones is 2. The summed E-state index contributed by atoms with van der Waals surface area (Å²) in [6.07, 6.45) is 1.62. The van der Waals surface area contributed by atoms with E-state index in [9.17, 15) is 19.5 Å². The predicted octanol–water partition coefficient (Wildman–Crippen LogP) is 6.16. The Morgan fingerprint density at radius 2 is 1.51 bits per heavy atom. The molecule has 1 aromatic rings. The maximum Gasteiger partial charge on any atom is 0.323 e. The molecule has 1 N–H and O–H groups in total. The zero-order valence-corrected chi connectivity index (χ0v) is 22.3. The Morgan fingerprint density at radius 1 is 1.00 bits per heavy atom. The molecule has 4 rings (SSSR count). The van der Waals surface area contributed by atoms with Crippen molar-refractivity contribution in [2.24, 2.45) is 10.8 Å². The van der Waals surface area contributed by atoms with Gasteiger partial charge >= 0.3 is 5.97 Å². The van der Waals surface area contributed by atoms with Gasteiger partial charge in [-0.2, -0.15) is 0 Å². The van der Waals surface area contributed by atoms with Gasteiger partial charge in [0.2, 0.25) is 0 Å². The second-order valence-electron chi connectivity index (χ2n) is 11.3. The second-order valence-corrected chi connectivity index (χ2v) is 12.1. The van der Waals surface area contributed by atoms with Crippen molar-refractivity contribution in [2.75, 3.05) is 13.2 Å². The first-order valence-corrected chi connectivity index (χ1v) is 12.6. The summed E-state index contributed by atoms with van der Waals surface area (Å²) >= 11 is 13.0. The van der Waals surface area contributed by atoms with Crippen molar-refractivity contribution in [3.05, 3.63) is 50.3 Å². The number of halogens is 2. The van der Waals surface area contributed by atoms with Gasteiger partial charge in [-0.3, -0.25) is 14.4 Å². The molecule has 0 spiro atoms. The van der Waals surface area contributed by atoms with Crippen molar-refractivity contribution >= 4 is 40.7 Å². The molecule has 3 aliphatic rings. The van der Waals surface area contributed by atoms with Crippen LogP contribution in [0, 0.1) is 10.8 Å². The van der Waals surface area contributed by atoms with Crippen LogP contribution in [0.3, 0.4) is 0 Å². The number of hydrogen-bond donors (Lipinski definition) is 1. The minimum atomic E-state index is -1.02. The lowest BCUT2D eigenvalue weighted by Crippen LogP contribution is -2.45. The molecule has 2 aliphatic carbocycles. The molecule has 1 heterocycles. The summed E-state index contributed by atoms with van der Waals surface area (Å²) in [5, 5.41) is 10.5. The molecule has 8 heteroatoms. The quantitative estimate of drug-likeness (QED) is 0.501. The first-order chi connectivity index (χ1) is 16.2. The summed E-state index contributed by atoms with van der Waals surface area (Å²) in [5.41, 5.74) is 2.12. The van der Waals surface area contributed by atoms with Crippen LogP contribution in [0.1, 0.15) is 71.8 Å². The van der Waals surface area contributed by atoms with Gasteiger partial charge in [0.05, 0.1) is 11.6 Å². The van der Waals surface area contributed by atoms with E-state index in [0.29, 0.717) is 76.2 Å². The number of carbonyl (C=O) groups is 3. The zero-order valence-electron chi connectivity index (χ0n) is 20.8. The molecule has 0 saturated heterocycles. The van der Waals surface area contributed by atoms with E-state index in [2.05, 4.69) is 0 Å². The molecular weight excluding hydrogens is 489 g/mol. The average Bonchev–Trinajstić information content (AvgIpc) is 2.69. The maximum absolute atomic E-state index is 13.7. The van der Waals surface area contributed by atoms with Gasteiger partial charge in [0, 0.05) is 51.9 Å². The number of carboxylic acids is 1. The Kier molecular flexibility index (Phi) is 6.60. The third-order valence-electron chi connectivity index (χ3n) is 6.95. The summed E-state index contributed by atoms with van der Waals surface area (Å²) in [6.45, 7) is 9.88. The van der Waals surface area contributed by atoms with Crippen molar-refractivity contribution in [1.29, 1.82) is 0 Å². The number of carboxylic acid groups (broad SMARTS) is 1. The van der Waals surface area contributed by atoms with Gasteiger partial charge in [0.15, 0.2) is 11.6 Å². The molecule has 1 aromatic carbocycles. The van der Waals surface area contributed by atoms with E-state index in [0.717, 1.165) is 0 Å². The standard InChI is InChI=1S/C27H31Cl2NO5/c1-6-35-25-15(7-14(28)8-16(25)29)22-23-17(9-26(2,3)11-19(23)31)30(13-21(33)34)18-10-27(4,5)12-20(32)24(18)22/h7-8,22H,6,9-13H2,1-5H3,(H,33,34). The molecule has 0 unspecified atom stereocenters. The first-order valence-electron chi connectivity index (χ1n) is 11.9. The van der Waals surface area contributed by atoms with Crippen molar-refractivity contribution in [3.63, 3.8) is 0 Å². The Hall–Kier alpha value is -2.31. The lowest BCUT2D eigenvalue weighted by atomic mass is 9.63. The topological polar surface area (TPSA) is 83.9 Å². The van der Waals surface area contributed by atoms with Crippen LogP contribution in [-0.2, 0) is 14.4 Å². The van der Waals surface area contributed by atoms with E-state index in [-0.39, 0.29) is 28.9 Å². The highest BCUT2D eigenvalue weighted by Crippen LogP contribution is 2.56. The summed E-state index contributed by atoms with van der Waals surface area (Å²) in [5.74, 6) is -1.53. The van der Waals surface area contributed by atoms with E-state index in [1.165, 1.54) is 0 Å². The van der Waals surface area contributed by atoms with Crippen LogP contribution < -0.4 is 4.74 Å². The summed E-state index contributed by atoms with van der Waals surface area (Å²) < 4.78 is 5.91. The summed E-state index contributed by atoms with van der Waals surface area (Å²) in [4.78, 5) is 41.2. The van der Waals surface area contributed by atoms with Crippen molar-refractivity contribution in [2.45, 2.75) is 66.2 Å². The molecule has 35 heavy (non-hydrogen) atoms. The SMILES string of the molecule is CCOc1c(Cl)cc(Cl)cc1C1C2=C(CC(C)(C)CC2=O)N(CC(=O)O)C2=C1C(=O)CC(C)(C)C2. The van der Waals surface area contributed by atoms with Gasteiger partial charge in [0.25, 0.3) is 0 Å². The van der Waals surface area contributed by atoms with E-state index in [4.69, 9.17) is 27.9 Å². The number of rotatable bonds is 5. The number of ether oxygens (including phenoxy) is 1. The molecule has 1 aliphatic heterocycles. The van der Waals surface area contributed by atoms with Crippen LogP contribution in [0.15, 0.2) is 34.7 Å². The lowest BCUT2D eigenvalue weighted by molar-refractivity contribution is -0.138. The second kappa shape index (κ2) is 8.97. The lowest BCUT2D eigenvalue weighted by Gasteiger charge is -2.48. The van der Waals surface area contributed by atoms with Gasteiger partial charge in [-0.15, -0.1) is 0 Å². The largest absolute Gasteiger partial charge is 0.492 e. The van der Waals surface area contributed by atoms with Gasteiger partial charge in [-0.1, -0.05) is 50.9 Å². The van der Waals surface area contributed by atoms with Crippen LogP contribution in [0.5, 0.6) is 5.75 Å². The number of benzene rings is 1. The fourth-order valence-corrected chi connectivity index (χ4v) is 6.34. The minimum absolute atomic E-state index is 0.0978. The van der Waals surface area contributed by atoms with Gasteiger partial charge in [-0.25, -0.2) is 0 Å². The van der Waals surface area contributed by atoms with Crippen molar-refractivity contribution in [3.8, 4) is 5.75 Å². The minimum Gasteiger partial charge on any atom is -0.492 e. The van der Waals surface area contributed by atoms with Gasteiger partial charge in [0.1, 0.15) is 12.3 Å². The number of aliphatic carboxylic acids is 1. The van der Waals surface area contributed by atoms with Gasteiger partial charge < -0.3 is 14.7 Å². The fourth-order valence-electron chi connectivity index (χ4n) is 5.78. The summed E-state index contributed by atoms with van der Waals surface area (Å²) in [6, 6.07) is 3.30. The normalized spacial score (nSPS) is 21.7. The maximum atomic E-state index is 13.7. The van der Waals surface area contributed by atoms with Crippen LogP contribution in [0.25, 0.3) is 0 Å². The van der Waals surface area contributed by atoms with Crippen molar-refractivity contribution < 1.29 is 24.2 Å². The van der Waals surface area contributed by atoms with Crippen molar-refractivity contribution in [1.82, 2.24) is 4.90 Å². The molecule has 0 fully saturated rings. The molecule has 0 bridgehead atoms. The van der Waals surface area contributed by atoms with E-state index in [1.807, 2.05) is 34.6 Å². The average molecular weight is 520 g/mol. The van der Waals surface area contributed by atoms with Crippen LogP contribution in [0.4, 0.5) is 0 Å². The van der Waals surface area contributed by atoms with Gasteiger partial charge in [-0.05, 0) is 42.7 Å². The zero-order chi connectivity index (χ0) is 25.9. The van der Waals surface area contributed by atoms with Crippen LogP contribution in [-0.4, -0.2) is 40.7 Å². The molecule has 188 valence electrons.